The fourth-order valence-corrected chi connectivity index (χ4v) is 3.47. The minimum absolute atomic E-state index is 0.0685. The third-order valence-corrected chi connectivity index (χ3v) is 4.62. The fraction of sp³-hybridized carbons (Fsp3) is 0.353. The summed E-state index contributed by atoms with van der Waals surface area (Å²) in [6, 6.07) is 6.57. The number of rotatable bonds is 2. The number of halogens is 2. The van der Waals surface area contributed by atoms with Crippen LogP contribution in [0.4, 0.5) is 0 Å². The standard InChI is InChI=1S/C17H18Cl2N4O2/c1-11-7-15(21(2)20-11)17(25)23-5-3-22(4-6-23)16(24)12-8-13(18)10-14(19)9-12/h7-10H,3-6H2,1-2H3. The van der Waals surface area contributed by atoms with Crippen molar-refractivity contribution in [2.75, 3.05) is 26.2 Å². The van der Waals surface area contributed by atoms with Crippen molar-refractivity contribution in [1.29, 1.82) is 0 Å². The van der Waals surface area contributed by atoms with E-state index in [1.54, 1.807) is 45.8 Å². The zero-order chi connectivity index (χ0) is 18.1. The first-order valence-electron chi connectivity index (χ1n) is 7.90. The lowest BCUT2D eigenvalue weighted by Gasteiger charge is -2.34. The Hall–Kier alpha value is -2.05. The normalized spacial score (nSPS) is 14.7. The van der Waals surface area contributed by atoms with Gasteiger partial charge in [0.25, 0.3) is 11.8 Å². The van der Waals surface area contributed by atoms with Crippen molar-refractivity contribution >= 4 is 35.0 Å². The Morgan fingerprint density at radius 3 is 1.92 bits per heavy atom. The van der Waals surface area contributed by atoms with E-state index in [0.717, 1.165) is 5.69 Å². The maximum Gasteiger partial charge on any atom is 0.272 e. The summed E-state index contributed by atoms with van der Waals surface area (Å²) in [5.41, 5.74) is 1.82. The maximum atomic E-state index is 12.6. The quantitative estimate of drug-likeness (QED) is 0.804. The van der Waals surface area contributed by atoms with Crippen molar-refractivity contribution in [1.82, 2.24) is 19.6 Å². The van der Waals surface area contributed by atoms with Crippen LogP contribution in [-0.4, -0.2) is 57.6 Å². The summed E-state index contributed by atoms with van der Waals surface area (Å²) >= 11 is 11.9. The van der Waals surface area contributed by atoms with E-state index < -0.39 is 0 Å². The van der Waals surface area contributed by atoms with E-state index in [-0.39, 0.29) is 11.8 Å². The highest BCUT2D eigenvalue weighted by Crippen LogP contribution is 2.21. The number of hydrogen-bond acceptors (Lipinski definition) is 3. The zero-order valence-electron chi connectivity index (χ0n) is 14.0. The molecular formula is C17H18Cl2N4O2. The molecule has 0 bridgehead atoms. The summed E-state index contributed by atoms with van der Waals surface area (Å²) in [4.78, 5) is 28.6. The van der Waals surface area contributed by atoms with Gasteiger partial charge in [0.2, 0.25) is 0 Å². The molecule has 1 aliphatic rings. The Morgan fingerprint density at radius 2 is 1.44 bits per heavy atom. The van der Waals surface area contributed by atoms with Gasteiger partial charge in [0, 0.05) is 48.8 Å². The van der Waals surface area contributed by atoms with Crippen molar-refractivity contribution in [3.63, 3.8) is 0 Å². The van der Waals surface area contributed by atoms with E-state index in [4.69, 9.17) is 23.2 Å². The van der Waals surface area contributed by atoms with Crippen LogP contribution < -0.4 is 0 Å². The molecule has 1 fully saturated rings. The molecule has 1 aliphatic heterocycles. The second-order valence-corrected chi connectivity index (χ2v) is 6.91. The Labute approximate surface area is 155 Å². The number of carbonyl (C=O) groups is 2. The molecule has 2 aromatic rings. The lowest BCUT2D eigenvalue weighted by Crippen LogP contribution is -2.50. The second-order valence-electron chi connectivity index (χ2n) is 6.04. The molecule has 0 radical (unpaired) electrons. The molecule has 0 unspecified atom stereocenters. The zero-order valence-corrected chi connectivity index (χ0v) is 15.5. The summed E-state index contributed by atoms with van der Waals surface area (Å²) < 4.78 is 1.59. The molecule has 0 saturated carbocycles. The Kier molecular flexibility index (Phi) is 5.01. The summed E-state index contributed by atoms with van der Waals surface area (Å²) in [6.07, 6.45) is 0. The van der Waals surface area contributed by atoms with Crippen molar-refractivity contribution in [3.8, 4) is 0 Å². The predicted octanol–water partition coefficient (Wildman–Crippen LogP) is 2.63. The molecule has 2 heterocycles. The van der Waals surface area contributed by atoms with Crippen LogP contribution in [0.15, 0.2) is 24.3 Å². The number of carbonyl (C=O) groups excluding carboxylic acids is 2. The lowest BCUT2D eigenvalue weighted by molar-refractivity contribution is 0.0529. The van der Waals surface area contributed by atoms with E-state index in [0.29, 0.717) is 47.5 Å². The van der Waals surface area contributed by atoms with Gasteiger partial charge in [0.1, 0.15) is 5.69 Å². The lowest BCUT2D eigenvalue weighted by atomic mass is 10.1. The first-order chi connectivity index (χ1) is 11.8. The Bertz CT molecular complexity index is 806. The fourth-order valence-electron chi connectivity index (χ4n) is 2.95. The number of piperazine rings is 1. The van der Waals surface area contributed by atoms with Gasteiger partial charge < -0.3 is 9.80 Å². The molecule has 1 saturated heterocycles. The largest absolute Gasteiger partial charge is 0.335 e. The molecular weight excluding hydrogens is 363 g/mol. The SMILES string of the molecule is Cc1cc(C(=O)N2CCN(C(=O)c3cc(Cl)cc(Cl)c3)CC2)n(C)n1. The van der Waals surface area contributed by atoms with E-state index >= 15 is 0 Å². The molecule has 1 aromatic carbocycles. The van der Waals surface area contributed by atoms with Crippen LogP contribution in [0.25, 0.3) is 0 Å². The van der Waals surface area contributed by atoms with E-state index in [9.17, 15) is 9.59 Å². The van der Waals surface area contributed by atoms with Gasteiger partial charge >= 0.3 is 0 Å². The van der Waals surface area contributed by atoms with Gasteiger partial charge in [-0.2, -0.15) is 5.10 Å². The predicted molar refractivity (Wildman–Crippen MR) is 96.2 cm³/mol. The summed E-state index contributed by atoms with van der Waals surface area (Å²) in [6.45, 7) is 3.73. The van der Waals surface area contributed by atoms with Crippen LogP contribution in [0.2, 0.25) is 10.0 Å². The van der Waals surface area contributed by atoms with Gasteiger partial charge in [0.15, 0.2) is 0 Å². The topological polar surface area (TPSA) is 58.4 Å². The van der Waals surface area contributed by atoms with Crippen LogP contribution in [0, 0.1) is 6.92 Å². The number of nitrogens with zero attached hydrogens (tertiary/aromatic N) is 4. The molecule has 25 heavy (non-hydrogen) atoms. The van der Waals surface area contributed by atoms with Gasteiger partial charge in [0.05, 0.1) is 5.69 Å². The van der Waals surface area contributed by atoms with Gasteiger partial charge in [-0.15, -0.1) is 0 Å². The molecule has 1 aromatic heterocycles. The molecule has 8 heteroatoms. The maximum absolute atomic E-state index is 12.6. The third kappa shape index (κ3) is 3.80. The Morgan fingerprint density at radius 1 is 0.920 bits per heavy atom. The monoisotopic (exact) mass is 380 g/mol. The van der Waals surface area contributed by atoms with E-state index in [1.165, 1.54) is 0 Å². The van der Waals surface area contributed by atoms with Crippen molar-refractivity contribution in [3.05, 3.63) is 51.3 Å². The summed E-state index contributed by atoms with van der Waals surface area (Å²) in [5.74, 6) is -0.200. The van der Waals surface area contributed by atoms with Crippen molar-refractivity contribution in [2.45, 2.75) is 6.92 Å². The molecule has 6 nitrogen and oxygen atoms in total. The highest BCUT2D eigenvalue weighted by atomic mass is 35.5. The van der Waals surface area contributed by atoms with Crippen LogP contribution in [0.5, 0.6) is 0 Å². The van der Waals surface area contributed by atoms with E-state index in [1.807, 2.05) is 6.92 Å². The molecule has 3 rings (SSSR count). The average molecular weight is 381 g/mol. The van der Waals surface area contributed by atoms with Gasteiger partial charge in [-0.25, -0.2) is 0 Å². The van der Waals surface area contributed by atoms with Crippen LogP contribution in [-0.2, 0) is 7.05 Å². The molecule has 0 N–H and O–H groups in total. The third-order valence-electron chi connectivity index (χ3n) is 4.18. The minimum atomic E-state index is -0.132. The van der Waals surface area contributed by atoms with Gasteiger partial charge in [-0.3, -0.25) is 14.3 Å². The van der Waals surface area contributed by atoms with Gasteiger partial charge in [-0.05, 0) is 31.2 Å². The molecule has 0 spiro atoms. The average Bonchev–Trinajstić information content (AvgIpc) is 2.91. The Balaban J connectivity index is 1.66. The van der Waals surface area contributed by atoms with Crippen molar-refractivity contribution < 1.29 is 9.59 Å². The van der Waals surface area contributed by atoms with E-state index in [2.05, 4.69) is 5.10 Å². The molecule has 0 atom stereocenters. The van der Waals surface area contributed by atoms with Crippen molar-refractivity contribution in [2.24, 2.45) is 7.05 Å². The summed E-state index contributed by atoms with van der Waals surface area (Å²) in [5, 5.41) is 5.06. The van der Waals surface area contributed by atoms with Crippen LogP contribution >= 0.6 is 23.2 Å². The first kappa shape index (κ1) is 17.8. The smallest absolute Gasteiger partial charge is 0.272 e. The molecule has 2 amide bonds. The summed E-state index contributed by atoms with van der Waals surface area (Å²) in [7, 11) is 1.75. The number of hydrogen-bond donors (Lipinski definition) is 0. The molecule has 0 aliphatic carbocycles. The first-order valence-corrected chi connectivity index (χ1v) is 8.66. The van der Waals surface area contributed by atoms with Crippen LogP contribution in [0.1, 0.15) is 26.5 Å². The number of amides is 2. The number of aryl methyl sites for hydroxylation is 2. The second kappa shape index (κ2) is 7.06. The number of benzene rings is 1. The highest BCUT2D eigenvalue weighted by Gasteiger charge is 2.27. The minimum Gasteiger partial charge on any atom is -0.335 e. The number of aromatic nitrogens is 2. The molecule has 132 valence electrons. The highest BCUT2D eigenvalue weighted by molar-refractivity contribution is 6.35. The van der Waals surface area contributed by atoms with Crippen LogP contribution in [0.3, 0.4) is 0 Å². The van der Waals surface area contributed by atoms with Gasteiger partial charge in [-0.1, -0.05) is 23.2 Å².